The van der Waals surface area contributed by atoms with Gasteiger partial charge in [-0.25, -0.2) is 13.9 Å². The van der Waals surface area contributed by atoms with Crippen LogP contribution in [0.1, 0.15) is 49.7 Å². The van der Waals surface area contributed by atoms with Crippen molar-refractivity contribution in [3.05, 3.63) is 53.6 Å². The fraction of sp³-hybridized carbons (Fsp3) is 0.364. The van der Waals surface area contributed by atoms with Crippen LogP contribution < -0.4 is 5.32 Å². The first-order valence-corrected chi connectivity index (χ1v) is 9.95. The molecule has 1 aliphatic heterocycles. The van der Waals surface area contributed by atoms with E-state index in [9.17, 15) is 14.0 Å². The molecule has 0 aliphatic carbocycles. The zero-order valence-electron chi connectivity index (χ0n) is 17.4. The normalized spacial score (nSPS) is 16.2. The first-order chi connectivity index (χ1) is 14.2. The Morgan fingerprint density at radius 3 is 2.70 bits per heavy atom. The summed E-state index contributed by atoms with van der Waals surface area (Å²) in [7, 11) is 0. The minimum atomic E-state index is -0.974. The van der Waals surface area contributed by atoms with Crippen LogP contribution in [0.5, 0.6) is 0 Å². The number of aromatic nitrogens is 3. The molecule has 30 heavy (non-hydrogen) atoms. The number of carbonyl (C=O) groups is 2. The van der Waals surface area contributed by atoms with Crippen LogP contribution in [0, 0.1) is 5.82 Å². The van der Waals surface area contributed by atoms with Crippen molar-refractivity contribution in [1.82, 2.24) is 24.8 Å². The maximum Gasteiger partial charge on any atom is 0.275 e. The monoisotopic (exact) mass is 409 g/mol. The van der Waals surface area contributed by atoms with Gasteiger partial charge in [0.15, 0.2) is 5.65 Å². The lowest BCUT2D eigenvalue weighted by Gasteiger charge is -2.40. The van der Waals surface area contributed by atoms with Crippen LogP contribution in [0.4, 0.5) is 4.39 Å². The number of rotatable bonds is 3. The van der Waals surface area contributed by atoms with Gasteiger partial charge in [-0.3, -0.25) is 9.59 Å². The highest BCUT2D eigenvalue weighted by Gasteiger charge is 2.41. The number of hydrogen-bond acceptors (Lipinski definition) is 4. The van der Waals surface area contributed by atoms with E-state index >= 15 is 0 Å². The number of benzene rings is 1. The van der Waals surface area contributed by atoms with Crippen LogP contribution in [0.15, 0.2) is 36.5 Å². The SMILES string of the molecule is CC(C)c1cc(-c2ccccc2F)nn2cc(C(=O)N3CCNC(=O)C3(C)C)nc12. The highest BCUT2D eigenvalue weighted by molar-refractivity contribution is 5.99. The summed E-state index contributed by atoms with van der Waals surface area (Å²) in [4.78, 5) is 31.5. The van der Waals surface area contributed by atoms with Crippen LogP contribution in [-0.2, 0) is 4.79 Å². The fourth-order valence-electron chi connectivity index (χ4n) is 3.72. The van der Waals surface area contributed by atoms with Gasteiger partial charge in [-0.1, -0.05) is 26.0 Å². The Morgan fingerprint density at radius 1 is 1.27 bits per heavy atom. The lowest BCUT2D eigenvalue weighted by molar-refractivity contribution is -0.133. The highest BCUT2D eigenvalue weighted by atomic mass is 19.1. The molecule has 7 nitrogen and oxygen atoms in total. The van der Waals surface area contributed by atoms with Crippen molar-refractivity contribution in [2.24, 2.45) is 0 Å². The molecule has 1 fully saturated rings. The predicted octanol–water partition coefficient (Wildman–Crippen LogP) is 3.01. The molecule has 1 saturated heterocycles. The molecule has 1 aromatic carbocycles. The summed E-state index contributed by atoms with van der Waals surface area (Å²) in [6.07, 6.45) is 1.55. The molecule has 8 heteroatoms. The van der Waals surface area contributed by atoms with Crippen molar-refractivity contribution in [3.8, 4) is 11.3 Å². The second-order valence-corrected chi connectivity index (χ2v) is 8.29. The van der Waals surface area contributed by atoms with Crippen LogP contribution in [0.2, 0.25) is 0 Å². The second-order valence-electron chi connectivity index (χ2n) is 8.29. The zero-order valence-corrected chi connectivity index (χ0v) is 17.4. The summed E-state index contributed by atoms with van der Waals surface area (Å²) in [5, 5.41) is 7.30. The zero-order chi connectivity index (χ0) is 21.6. The van der Waals surface area contributed by atoms with Crippen LogP contribution >= 0.6 is 0 Å². The highest BCUT2D eigenvalue weighted by Crippen LogP contribution is 2.28. The maximum absolute atomic E-state index is 14.3. The van der Waals surface area contributed by atoms with Gasteiger partial charge in [-0.2, -0.15) is 5.10 Å². The van der Waals surface area contributed by atoms with Crippen molar-refractivity contribution in [1.29, 1.82) is 0 Å². The Bertz CT molecular complexity index is 1150. The van der Waals surface area contributed by atoms with Crippen molar-refractivity contribution in [2.75, 3.05) is 13.1 Å². The number of amides is 2. The van der Waals surface area contributed by atoms with Gasteiger partial charge in [0.25, 0.3) is 5.91 Å². The molecule has 156 valence electrons. The van der Waals surface area contributed by atoms with E-state index in [4.69, 9.17) is 0 Å². The summed E-state index contributed by atoms with van der Waals surface area (Å²) in [6.45, 7) is 8.24. The van der Waals surface area contributed by atoms with Crippen molar-refractivity contribution in [3.63, 3.8) is 0 Å². The topological polar surface area (TPSA) is 79.6 Å². The average Bonchev–Trinajstić information content (AvgIpc) is 3.13. The number of imidazole rings is 1. The van der Waals surface area contributed by atoms with Crippen molar-refractivity contribution in [2.45, 2.75) is 39.2 Å². The van der Waals surface area contributed by atoms with Crippen LogP contribution in [-0.4, -0.2) is 49.9 Å². The van der Waals surface area contributed by atoms with Gasteiger partial charge in [0.2, 0.25) is 5.91 Å². The Kier molecular flexibility index (Phi) is 4.80. The van der Waals surface area contributed by atoms with Gasteiger partial charge in [0, 0.05) is 24.2 Å². The summed E-state index contributed by atoms with van der Waals surface area (Å²) >= 11 is 0. The third-order valence-corrected chi connectivity index (χ3v) is 5.54. The minimum absolute atomic E-state index is 0.0866. The van der Waals surface area contributed by atoms with E-state index in [1.807, 2.05) is 19.9 Å². The summed E-state index contributed by atoms with van der Waals surface area (Å²) in [5.74, 6) is -0.809. The summed E-state index contributed by atoms with van der Waals surface area (Å²) in [6, 6.07) is 8.27. The van der Waals surface area contributed by atoms with Crippen LogP contribution in [0.3, 0.4) is 0 Å². The van der Waals surface area contributed by atoms with Gasteiger partial charge in [-0.05, 0) is 38.0 Å². The molecule has 0 atom stereocenters. The molecule has 0 bridgehead atoms. The van der Waals surface area contributed by atoms with E-state index in [-0.39, 0.29) is 29.2 Å². The Morgan fingerprint density at radius 2 is 2.00 bits per heavy atom. The quantitative estimate of drug-likeness (QED) is 0.721. The molecule has 3 aromatic rings. The smallest absolute Gasteiger partial charge is 0.275 e. The number of hydrogen-bond donors (Lipinski definition) is 1. The number of piperazine rings is 1. The second kappa shape index (κ2) is 7.19. The lowest BCUT2D eigenvalue weighted by atomic mass is 9.98. The molecule has 2 aromatic heterocycles. The van der Waals surface area contributed by atoms with E-state index in [1.54, 1.807) is 38.2 Å². The standard InChI is InChI=1S/C22H24FN5O2/c1-13(2)15-11-17(14-7-5-6-8-16(14)23)26-28-12-18(25-19(15)28)20(29)27-10-9-24-21(30)22(27,3)4/h5-8,11-13H,9-10H2,1-4H3,(H,24,30). The summed E-state index contributed by atoms with van der Waals surface area (Å²) < 4.78 is 15.9. The molecular formula is C22H24FN5O2. The molecule has 0 unspecified atom stereocenters. The molecule has 0 saturated carbocycles. The number of nitrogens with zero attached hydrogens (tertiary/aromatic N) is 4. The first-order valence-electron chi connectivity index (χ1n) is 9.95. The molecule has 0 radical (unpaired) electrons. The number of carbonyl (C=O) groups excluding carboxylic acids is 2. The van der Waals surface area contributed by atoms with Crippen molar-refractivity contribution >= 4 is 17.5 Å². The van der Waals surface area contributed by atoms with Crippen LogP contribution in [0.25, 0.3) is 16.9 Å². The lowest BCUT2D eigenvalue weighted by Crippen LogP contribution is -2.63. The number of fused-ring (bicyclic) bond motifs is 1. The van der Waals surface area contributed by atoms with E-state index in [1.165, 1.54) is 15.5 Å². The molecular weight excluding hydrogens is 385 g/mol. The van der Waals surface area contributed by atoms with E-state index in [0.717, 1.165) is 5.56 Å². The van der Waals surface area contributed by atoms with Gasteiger partial charge in [0.1, 0.15) is 17.1 Å². The minimum Gasteiger partial charge on any atom is -0.352 e. The summed E-state index contributed by atoms with van der Waals surface area (Å²) in [5.41, 5.74) is 1.50. The van der Waals surface area contributed by atoms with Gasteiger partial charge in [-0.15, -0.1) is 0 Å². The molecule has 1 N–H and O–H groups in total. The Labute approximate surface area is 173 Å². The third kappa shape index (κ3) is 3.22. The van der Waals surface area contributed by atoms with Gasteiger partial charge < -0.3 is 10.2 Å². The molecule has 0 spiro atoms. The maximum atomic E-state index is 14.3. The molecule has 3 heterocycles. The van der Waals surface area contributed by atoms with E-state index in [0.29, 0.717) is 30.0 Å². The Balaban J connectivity index is 1.82. The average molecular weight is 409 g/mol. The predicted molar refractivity (Wildman–Crippen MR) is 111 cm³/mol. The van der Waals surface area contributed by atoms with E-state index in [2.05, 4.69) is 15.4 Å². The fourth-order valence-corrected chi connectivity index (χ4v) is 3.72. The molecule has 2 amide bonds. The van der Waals surface area contributed by atoms with Gasteiger partial charge in [0.05, 0.1) is 11.9 Å². The number of halogens is 1. The van der Waals surface area contributed by atoms with Crippen molar-refractivity contribution < 1.29 is 14.0 Å². The van der Waals surface area contributed by atoms with Gasteiger partial charge >= 0.3 is 0 Å². The molecule has 4 rings (SSSR count). The first kappa shape index (κ1) is 20.0. The van der Waals surface area contributed by atoms with E-state index < -0.39 is 5.54 Å². The number of nitrogens with one attached hydrogen (secondary N) is 1. The third-order valence-electron chi connectivity index (χ3n) is 5.54. The largest absolute Gasteiger partial charge is 0.352 e. The molecule has 1 aliphatic rings. The Hall–Kier alpha value is -3.29.